The second-order valence-corrected chi connectivity index (χ2v) is 5.57. The summed E-state index contributed by atoms with van der Waals surface area (Å²) in [5.41, 5.74) is -0.102. The van der Waals surface area contributed by atoms with Gasteiger partial charge in [0.05, 0.1) is 0 Å². The van der Waals surface area contributed by atoms with Crippen molar-refractivity contribution in [2.24, 2.45) is 0 Å². The van der Waals surface area contributed by atoms with Gasteiger partial charge in [0.2, 0.25) is 0 Å². The van der Waals surface area contributed by atoms with Gasteiger partial charge in [0.15, 0.2) is 0 Å². The van der Waals surface area contributed by atoms with Crippen LogP contribution in [0.5, 0.6) is 0 Å². The van der Waals surface area contributed by atoms with Crippen LogP contribution in [0.15, 0.2) is 52.3 Å². The van der Waals surface area contributed by atoms with E-state index >= 15 is 0 Å². The molecule has 0 radical (unpaired) electrons. The molecule has 0 saturated heterocycles. The first kappa shape index (κ1) is 12.7. The molecule has 94 valence electrons. The molecule has 0 unspecified atom stereocenters. The fourth-order valence-electron chi connectivity index (χ4n) is 1.31. The number of benzene rings is 1. The van der Waals surface area contributed by atoms with Gasteiger partial charge >= 0.3 is 0 Å². The van der Waals surface area contributed by atoms with Crippen molar-refractivity contribution in [2.45, 2.75) is 4.90 Å². The van der Waals surface area contributed by atoms with Crippen molar-refractivity contribution in [1.82, 2.24) is 4.98 Å². The van der Waals surface area contributed by atoms with E-state index in [0.717, 1.165) is 12.3 Å². The Kier molecular flexibility index (Phi) is 3.40. The lowest BCUT2D eigenvalue weighted by molar-refractivity contribution is 0.600. The van der Waals surface area contributed by atoms with Crippen LogP contribution in [0.3, 0.4) is 0 Å². The molecular weight excluding hydrogens is 276 g/mol. The molecule has 0 atom stereocenters. The van der Waals surface area contributed by atoms with Gasteiger partial charge in [0.1, 0.15) is 9.92 Å². The Morgan fingerprint density at radius 2 is 1.83 bits per heavy atom. The minimum atomic E-state index is -3.76. The van der Waals surface area contributed by atoms with Crippen molar-refractivity contribution < 1.29 is 8.42 Å². The van der Waals surface area contributed by atoms with E-state index in [-0.39, 0.29) is 9.92 Å². The van der Waals surface area contributed by atoms with Crippen molar-refractivity contribution in [3.8, 4) is 0 Å². The molecule has 2 rings (SSSR count). The van der Waals surface area contributed by atoms with Gasteiger partial charge in [0.25, 0.3) is 15.6 Å². The third-order valence-electron chi connectivity index (χ3n) is 2.17. The van der Waals surface area contributed by atoms with Gasteiger partial charge < -0.3 is 4.98 Å². The molecule has 18 heavy (non-hydrogen) atoms. The highest BCUT2D eigenvalue weighted by atomic mass is 35.5. The SMILES string of the molecule is O=c1[nH]cc(S(=O)(=O)Nc2ccccc2)cc1Cl. The number of aromatic nitrogens is 1. The van der Waals surface area contributed by atoms with E-state index in [2.05, 4.69) is 9.71 Å². The summed E-state index contributed by atoms with van der Waals surface area (Å²) in [4.78, 5) is 13.2. The standard InChI is InChI=1S/C11H9ClN2O3S/c12-10-6-9(7-13-11(10)15)18(16,17)14-8-4-2-1-3-5-8/h1-7,14H,(H,13,15). The fraction of sp³-hybridized carbons (Fsp3) is 0. The van der Waals surface area contributed by atoms with Gasteiger partial charge in [-0.25, -0.2) is 8.42 Å². The number of rotatable bonds is 3. The van der Waals surface area contributed by atoms with Crippen molar-refractivity contribution in [2.75, 3.05) is 4.72 Å². The number of hydrogen-bond donors (Lipinski definition) is 2. The minimum absolute atomic E-state index is 0.101. The Morgan fingerprint density at radius 1 is 1.17 bits per heavy atom. The topological polar surface area (TPSA) is 79.0 Å². The minimum Gasteiger partial charge on any atom is -0.326 e. The number of sulfonamides is 1. The molecule has 0 aliphatic carbocycles. The van der Waals surface area contributed by atoms with E-state index in [0.29, 0.717) is 5.69 Å². The summed E-state index contributed by atoms with van der Waals surface area (Å²) in [5, 5.41) is -0.175. The van der Waals surface area contributed by atoms with E-state index in [9.17, 15) is 13.2 Å². The molecule has 0 saturated carbocycles. The molecule has 0 aliphatic heterocycles. The zero-order valence-corrected chi connectivity index (χ0v) is 10.6. The number of para-hydroxylation sites is 1. The normalized spacial score (nSPS) is 11.2. The number of anilines is 1. The molecule has 2 N–H and O–H groups in total. The highest BCUT2D eigenvalue weighted by Gasteiger charge is 2.15. The van der Waals surface area contributed by atoms with Crippen molar-refractivity contribution in [3.63, 3.8) is 0 Å². The summed E-state index contributed by atoms with van der Waals surface area (Å²) in [7, 11) is -3.76. The Labute approximate surface area is 108 Å². The Bertz CT molecular complexity index is 711. The summed E-state index contributed by atoms with van der Waals surface area (Å²) < 4.78 is 26.3. The second kappa shape index (κ2) is 4.83. The third-order valence-corrected chi connectivity index (χ3v) is 3.81. The van der Waals surface area contributed by atoms with Crippen LogP contribution in [-0.2, 0) is 10.0 Å². The number of aromatic amines is 1. The van der Waals surface area contributed by atoms with Crippen LogP contribution < -0.4 is 10.3 Å². The van der Waals surface area contributed by atoms with Crippen LogP contribution in [0.25, 0.3) is 0 Å². The zero-order chi connectivity index (χ0) is 13.2. The average Bonchev–Trinajstić information content (AvgIpc) is 2.33. The van der Waals surface area contributed by atoms with Gasteiger partial charge in [-0.15, -0.1) is 0 Å². The molecule has 0 fully saturated rings. The molecule has 1 heterocycles. The summed E-state index contributed by atoms with van der Waals surface area (Å²) in [6, 6.07) is 9.52. The number of hydrogen-bond acceptors (Lipinski definition) is 3. The maximum atomic E-state index is 12.0. The first-order chi connectivity index (χ1) is 8.49. The molecule has 1 aromatic carbocycles. The highest BCUT2D eigenvalue weighted by Crippen LogP contribution is 2.15. The second-order valence-electron chi connectivity index (χ2n) is 3.48. The third kappa shape index (κ3) is 2.72. The molecule has 0 amide bonds. The van der Waals surface area contributed by atoms with Crippen molar-refractivity contribution in [1.29, 1.82) is 0 Å². The number of nitrogens with one attached hydrogen (secondary N) is 2. The van der Waals surface area contributed by atoms with Crippen LogP contribution >= 0.6 is 11.6 Å². The zero-order valence-electron chi connectivity index (χ0n) is 9.05. The molecule has 7 heteroatoms. The van der Waals surface area contributed by atoms with E-state index in [1.165, 1.54) is 0 Å². The van der Waals surface area contributed by atoms with Crippen LogP contribution in [0.4, 0.5) is 5.69 Å². The van der Waals surface area contributed by atoms with Crippen LogP contribution in [0.1, 0.15) is 0 Å². The van der Waals surface area contributed by atoms with Crippen LogP contribution in [-0.4, -0.2) is 13.4 Å². The van der Waals surface area contributed by atoms with E-state index in [4.69, 9.17) is 11.6 Å². The summed E-state index contributed by atoms with van der Waals surface area (Å²) >= 11 is 5.59. The van der Waals surface area contributed by atoms with Crippen LogP contribution in [0.2, 0.25) is 5.02 Å². The van der Waals surface area contributed by atoms with E-state index in [1.807, 2.05) is 0 Å². The predicted molar refractivity (Wildman–Crippen MR) is 69.3 cm³/mol. The largest absolute Gasteiger partial charge is 0.326 e. The first-order valence-electron chi connectivity index (χ1n) is 4.95. The molecule has 0 bridgehead atoms. The Balaban J connectivity index is 2.37. The lowest BCUT2D eigenvalue weighted by atomic mass is 10.3. The number of H-pyrrole nitrogens is 1. The predicted octanol–water partition coefficient (Wildman–Crippen LogP) is 1.83. The monoisotopic (exact) mass is 284 g/mol. The van der Waals surface area contributed by atoms with Gasteiger partial charge in [-0.1, -0.05) is 29.8 Å². The lowest BCUT2D eigenvalue weighted by Crippen LogP contribution is -2.15. The molecule has 0 aliphatic rings. The summed E-state index contributed by atoms with van der Waals surface area (Å²) in [6.07, 6.45) is 1.10. The molecule has 2 aromatic rings. The van der Waals surface area contributed by atoms with E-state index in [1.54, 1.807) is 30.3 Å². The number of halogens is 1. The fourth-order valence-corrected chi connectivity index (χ4v) is 2.60. The first-order valence-corrected chi connectivity index (χ1v) is 6.81. The van der Waals surface area contributed by atoms with Gasteiger partial charge in [-0.2, -0.15) is 0 Å². The van der Waals surface area contributed by atoms with Crippen LogP contribution in [0, 0.1) is 0 Å². The summed E-state index contributed by atoms with van der Waals surface area (Å²) in [6.45, 7) is 0. The molecule has 0 spiro atoms. The molecular formula is C11H9ClN2O3S. The van der Waals surface area contributed by atoms with Crippen molar-refractivity contribution >= 4 is 27.3 Å². The van der Waals surface area contributed by atoms with Crippen molar-refractivity contribution in [3.05, 3.63) is 58.0 Å². The Hall–Kier alpha value is -1.79. The summed E-state index contributed by atoms with van der Waals surface area (Å²) in [5.74, 6) is 0. The highest BCUT2D eigenvalue weighted by molar-refractivity contribution is 7.92. The lowest BCUT2D eigenvalue weighted by Gasteiger charge is -2.07. The smallest absolute Gasteiger partial charge is 0.266 e. The van der Waals surface area contributed by atoms with Gasteiger partial charge in [0, 0.05) is 11.9 Å². The van der Waals surface area contributed by atoms with E-state index < -0.39 is 15.6 Å². The Morgan fingerprint density at radius 3 is 2.44 bits per heavy atom. The quantitative estimate of drug-likeness (QED) is 0.902. The molecule has 5 nitrogen and oxygen atoms in total. The maximum absolute atomic E-state index is 12.0. The maximum Gasteiger partial charge on any atom is 0.266 e. The number of pyridine rings is 1. The van der Waals surface area contributed by atoms with Gasteiger partial charge in [-0.3, -0.25) is 9.52 Å². The molecule has 1 aromatic heterocycles. The van der Waals surface area contributed by atoms with Gasteiger partial charge in [-0.05, 0) is 18.2 Å². The average molecular weight is 285 g/mol.